The van der Waals surface area contributed by atoms with Crippen LogP contribution in [0.2, 0.25) is 0 Å². The van der Waals surface area contributed by atoms with Crippen molar-refractivity contribution in [2.45, 2.75) is 19.3 Å². The lowest BCUT2D eigenvalue weighted by atomic mass is 10.1. The molecule has 98 valence electrons. The van der Waals surface area contributed by atoms with Crippen molar-refractivity contribution < 1.29 is 0 Å². The zero-order chi connectivity index (χ0) is 12.7. The topological polar surface area (TPSA) is 41.1 Å². The molecule has 0 bridgehead atoms. The second-order valence-electron chi connectivity index (χ2n) is 5.13. The molecule has 0 saturated carbocycles. The Kier molecular flexibility index (Phi) is 2.65. The minimum Gasteiger partial charge on any atom is -0.384 e. The predicted molar refractivity (Wildman–Crippen MR) is 79.0 cm³/mol. The highest BCUT2D eigenvalue weighted by Gasteiger charge is 2.18. The molecule has 4 nitrogen and oxygen atoms in total. The fraction of sp³-hybridized carbons (Fsp3) is 0.429. The fourth-order valence-corrected chi connectivity index (χ4v) is 3.70. The van der Waals surface area contributed by atoms with Crippen LogP contribution in [0.3, 0.4) is 0 Å². The average Bonchev–Trinajstić information content (AvgIpc) is 3.18. The lowest BCUT2D eigenvalue weighted by Gasteiger charge is -2.11. The molecule has 0 unspecified atom stereocenters. The highest BCUT2D eigenvalue weighted by Crippen LogP contribution is 2.33. The lowest BCUT2D eigenvalue weighted by molar-refractivity contribution is 0.929. The Bertz CT molecular complexity index is 601. The first kappa shape index (κ1) is 11.2. The van der Waals surface area contributed by atoms with E-state index in [1.165, 1.54) is 29.7 Å². The van der Waals surface area contributed by atoms with Crippen LogP contribution in [0, 0.1) is 0 Å². The van der Waals surface area contributed by atoms with Gasteiger partial charge in [0.05, 0.1) is 0 Å². The van der Waals surface area contributed by atoms with Gasteiger partial charge in [0, 0.05) is 30.9 Å². The van der Waals surface area contributed by atoms with Crippen LogP contribution < -0.4 is 10.2 Å². The zero-order valence-electron chi connectivity index (χ0n) is 10.7. The summed E-state index contributed by atoms with van der Waals surface area (Å²) in [5.74, 6) is 0. The van der Waals surface area contributed by atoms with E-state index in [0.717, 1.165) is 36.2 Å². The van der Waals surface area contributed by atoms with E-state index in [9.17, 15) is 0 Å². The second kappa shape index (κ2) is 4.49. The van der Waals surface area contributed by atoms with Gasteiger partial charge >= 0.3 is 0 Å². The van der Waals surface area contributed by atoms with Crippen molar-refractivity contribution in [2.75, 3.05) is 29.9 Å². The number of anilines is 2. The van der Waals surface area contributed by atoms with E-state index in [1.54, 1.807) is 11.3 Å². The molecule has 3 heterocycles. The number of aromatic nitrogens is 2. The quantitative estimate of drug-likeness (QED) is 0.912. The first-order valence-corrected chi connectivity index (χ1v) is 7.67. The van der Waals surface area contributed by atoms with Crippen molar-refractivity contribution >= 4 is 22.2 Å². The summed E-state index contributed by atoms with van der Waals surface area (Å²) in [7, 11) is 0. The molecule has 0 aliphatic carbocycles. The third-order valence-corrected chi connectivity index (χ3v) is 4.89. The van der Waals surface area contributed by atoms with Gasteiger partial charge in [-0.1, -0.05) is 11.3 Å². The fourth-order valence-electron chi connectivity index (χ4n) is 2.81. The molecule has 19 heavy (non-hydrogen) atoms. The molecule has 2 aliphatic heterocycles. The molecular weight excluding hydrogens is 256 g/mol. The highest BCUT2D eigenvalue weighted by molar-refractivity contribution is 7.18. The summed E-state index contributed by atoms with van der Waals surface area (Å²) in [4.78, 5) is 2.34. The summed E-state index contributed by atoms with van der Waals surface area (Å²) in [6.07, 6.45) is 3.67. The van der Waals surface area contributed by atoms with E-state index < -0.39 is 0 Å². The van der Waals surface area contributed by atoms with Crippen LogP contribution in [0.25, 0.3) is 10.6 Å². The summed E-state index contributed by atoms with van der Waals surface area (Å²) in [6, 6.07) is 6.56. The third kappa shape index (κ3) is 1.98. The Balaban J connectivity index is 1.65. The van der Waals surface area contributed by atoms with Crippen molar-refractivity contribution in [2.24, 2.45) is 0 Å². The Morgan fingerprint density at radius 3 is 2.95 bits per heavy atom. The van der Waals surface area contributed by atoms with Crippen LogP contribution in [0.4, 0.5) is 10.8 Å². The van der Waals surface area contributed by atoms with Crippen LogP contribution in [-0.4, -0.2) is 29.8 Å². The molecule has 0 amide bonds. The van der Waals surface area contributed by atoms with Crippen LogP contribution in [0.15, 0.2) is 18.2 Å². The van der Waals surface area contributed by atoms with Gasteiger partial charge in [-0.3, -0.25) is 0 Å². The van der Waals surface area contributed by atoms with Crippen molar-refractivity contribution in [3.8, 4) is 10.6 Å². The molecule has 1 aromatic heterocycles. The predicted octanol–water partition coefficient (Wildman–Crippen LogP) is 2.77. The van der Waals surface area contributed by atoms with Crippen LogP contribution in [0.1, 0.15) is 18.4 Å². The number of fused-ring (bicyclic) bond motifs is 1. The number of benzene rings is 1. The van der Waals surface area contributed by atoms with Crippen molar-refractivity contribution in [1.29, 1.82) is 0 Å². The van der Waals surface area contributed by atoms with Gasteiger partial charge in [0.25, 0.3) is 0 Å². The Hall–Kier alpha value is -1.62. The van der Waals surface area contributed by atoms with Gasteiger partial charge in [-0.25, -0.2) is 0 Å². The van der Waals surface area contributed by atoms with Gasteiger partial charge in [-0.2, -0.15) is 0 Å². The molecule has 4 rings (SSSR count). The maximum atomic E-state index is 4.36. The van der Waals surface area contributed by atoms with Gasteiger partial charge in [0.15, 0.2) is 0 Å². The summed E-state index contributed by atoms with van der Waals surface area (Å²) in [5.41, 5.74) is 3.87. The molecule has 0 spiro atoms. The maximum Gasteiger partial charge on any atom is 0.208 e. The molecule has 1 fully saturated rings. The molecule has 0 atom stereocenters. The van der Waals surface area contributed by atoms with Crippen LogP contribution in [0.5, 0.6) is 0 Å². The van der Waals surface area contributed by atoms with E-state index >= 15 is 0 Å². The van der Waals surface area contributed by atoms with Gasteiger partial charge in [-0.15, -0.1) is 10.2 Å². The van der Waals surface area contributed by atoms with E-state index in [-0.39, 0.29) is 0 Å². The largest absolute Gasteiger partial charge is 0.384 e. The first-order chi connectivity index (χ1) is 9.40. The summed E-state index contributed by atoms with van der Waals surface area (Å²) in [6.45, 7) is 3.30. The average molecular weight is 272 g/mol. The number of nitrogens with one attached hydrogen (secondary N) is 1. The summed E-state index contributed by atoms with van der Waals surface area (Å²) >= 11 is 1.71. The third-order valence-electron chi connectivity index (χ3n) is 3.85. The Morgan fingerprint density at radius 2 is 2.05 bits per heavy atom. The maximum absolute atomic E-state index is 4.36. The van der Waals surface area contributed by atoms with Crippen LogP contribution >= 0.6 is 11.3 Å². The molecule has 2 aromatic rings. The second-order valence-corrected chi connectivity index (χ2v) is 6.09. The molecular formula is C14H16N4S. The number of rotatable bonds is 2. The first-order valence-electron chi connectivity index (χ1n) is 6.86. The number of hydrogen-bond acceptors (Lipinski definition) is 5. The standard InChI is InChI=1S/C14H16N4S/c1-2-8-18(7-1)14-17-16-13(19-14)11-3-4-12-10(9-11)5-6-15-12/h3-4,9,15H,1-2,5-8H2. The van der Waals surface area contributed by atoms with Crippen molar-refractivity contribution in [3.63, 3.8) is 0 Å². The minimum atomic E-state index is 1.04. The van der Waals surface area contributed by atoms with Gasteiger partial charge in [0.1, 0.15) is 5.01 Å². The van der Waals surface area contributed by atoms with E-state index in [0.29, 0.717) is 0 Å². The van der Waals surface area contributed by atoms with Gasteiger partial charge < -0.3 is 10.2 Å². The van der Waals surface area contributed by atoms with Crippen LogP contribution in [-0.2, 0) is 6.42 Å². The normalized spacial score (nSPS) is 17.6. The smallest absolute Gasteiger partial charge is 0.208 e. The van der Waals surface area contributed by atoms with Crippen molar-refractivity contribution in [1.82, 2.24) is 10.2 Å². The monoisotopic (exact) mass is 272 g/mol. The number of hydrogen-bond donors (Lipinski definition) is 1. The zero-order valence-corrected chi connectivity index (χ0v) is 11.5. The molecule has 1 aromatic carbocycles. The number of nitrogens with zero attached hydrogens (tertiary/aromatic N) is 3. The van der Waals surface area contributed by atoms with Gasteiger partial charge in [-0.05, 0) is 43.0 Å². The van der Waals surface area contributed by atoms with Crippen molar-refractivity contribution in [3.05, 3.63) is 23.8 Å². The molecule has 0 radical (unpaired) electrons. The molecule has 2 aliphatic rings. The van der Waals surface area contributed by atoms with Gasteiger partial charge in [0.2, 0.25) is 5.13 Å². The summed E-state index contributed by atoms with van der Waals surface area (Å²) in [5, 5.41) is 14.2. The Morgan fingerprint density at radius 1 is 1.16 bits per heavy atom. The molecule has 1 saturated heterocycles. The van der Waals surface area contributed by atoms with E-state index in [4.69, 9.17) is 0 Å². The minimum absolute atomic E-state index is 1.04. The SMILES string of the molecule is c1cc2c(cc1-c1nnc(N3CCCC3)s1)CCN2. The van der Waals surface area contributed by atoms with E-state index in [1.807, 2.05) is 0 Å². The molecule has 5 heteroatoms. The molecule has 1 N–H and O–H groups in total. The Labute approximate surface area is 116 Å². The lowest BCUT2D eigenvalue weighted by Crippen LogP contribution is -2.17. The van der Waals surface area contributed by atoms with E-state index in [2.05, 4.69) is 38.6 Å². The summed E-state index contributed by atoms with van der Waals surface area (Å²) < 4.78 is 0. The highest BCUT2D eigenvalue weighted by atomic mass is 32.1.